The van der Waals surface area contributed by atoms with E-state index in [1.807, 2.05) is 0 Å². The molecule has 1 aromatic heterocycles. The van der Waals surface area contributed by atoms with Gasteiger partial charge in [-0.25, -0.2) is 9.97 Å². The molecule has 1 saturated carbocycles. The minimum absolute atomic E-state index is 0.651. The summed E-state index contributed by atoms with van der Waals surface area (Å²) in [6.07, 6.45) is 3.48. The van der Waals surface area contributed by atoms with Gasteiger partial charge in [0.15, 0.2) is 0 Å². The van der Waals surface area contributed by atoms with Crippen LogP contribution in [-0.4, -0.2) is 29.1 Å². The van der Waals surface area contributed by atoms with Gasteiger partial charge in [0.25, 0.3) is 0 Å². The average Bonchev–Trinajstić information content (AvgIpc) is 3.23. The first-order chi connectivity index (χ1) is 9.56. The Morgan fingerprint density at radius 2 is 1.95 bits per heavy atom. The van der Waals surface area contributed by atoms with E-state index in [0.717, 1.165) is 37.0 Å². The molecular formula is C16H28N4. The van der Waals surface area contributed by atoms with E-state index >= 15 is 0 Å². The zero-order valence-corrected chi connectivity index (χ0v) is 13.5. The Hall–Kier alpha value is -1.32. The van der Waals surface area contributed by atoms with Gasteiger partial charge in [0, 0.05) is 31.1 Å². The van der Waals surface area contributed by atoms with Crippen molar-refractivity contribution in [3.05, 3.63) is 11.4 Å². The number of hydrogen-bond donors (Lipinski definition) is 1. The average molecular weight is 276 g/mol. The van der Waals surface area contributed by atoms with Gasteiger partial charge in [-0.15, -0.1) is 0 Å². The first-order valence-electron chi connectivity index (χ1n) is 7.94. The molecule has 4 heteroatoms. The van der Waals surface area contributed by atoms with Crippen molar-refractivity contribution < 1.29 is 0 Å². The number of aryl methyl sites for hydroxylation is 1. The van der Waals surface area contributed by atoms with Gasteiger partial charge in [-0.2, -0.15) is 0 Å². The van der Waals surface area contributed by atoms with Crippen LogP contribution in [0.4, 0.5) is 11.6 Å². The predicted molar refractivity (Wildman–Crippen MR) is 85.5 cm³/mol. The molecule has 20 heavy (non-hydrogen) atoms. The Morgan fingerprint density at radius 1 is 1.25 bits per heavy atom. The molecule has 1 aromatic rings. The smallest absolute Gasteiger partial charge is 0.137 e. The second-order valence-electron chi connectivity index (χ2n) is 6.10. The fourth-order valence-electron chi connectivity index (χ4n) is 2.52. The largest absolute Gasteiger partial charge is 0.370 e. The molecule has 0 bridgehead atoms. The standard InChI is InChI=1S/C16H28N4/c1-6-14-18-15(17-7-2)12(5)16(19-14)20(10-11(3)4)13-8-9-13/h11,13H,6-10H2,1-5H3,(H,17,18,19). The Bertz CT molecular complexity index is 452. The summed E-state index contributed by atoms with van der Waals surface area (Å²) in [4.78, 5) is 12.0. The van der Waals surface area contributed by atoms with E-state index in [1.54, 1.807) is 0 Å². The topological polar surface area (TPSA) is 41.1 Å². The maximum Gasteiger partial charge on any atom is 0.137 e. The summed E-state index contributed by atoms with van der Waals surface area (Å²) in [7, 11) is 0. The minimum atomic E-state index is 0.651. The van der Waals surface area contributed by atoms with Crippen molar-refractivity contribution in [3.8, 4) is 0 Å². The minimum Gasteiger partial charge on any atom is -0.370 e. The Labute approximate surface area is 123 Å². The van der Waals surface area contributed by atoms with E-state index in [2.05, 4.69) is 49.8 Å². The highest BCUT2D eigenvalue weighted by Crippen LogP contribution is 2.34. The van der Waals surface area contributed by atoms with E-state index in [9.17, 15) is 0 Å². The van der Waals surface area contributed by atoms with Crippen LogP contribution >= 0.6 is 0 Å². The van der Waals surface area contributed by atoms with Crippen LogP contribution in [0.1, 0.15) is 51.9 Å². The lowest BCUT2D eigenvalue weighted by molar-refractivity contribution is 0.600. The van der Waals surface area contributed by atoms with Gasteiger partial charge < -0.3 is 10.2 Å². The quantitative estimate of drug-likeness (QED) is 0.828. The third kappa shape index (κ3) is 3.41. The van der Waals surface area contributed by atoms with Crippen molar-refractivity contribution in [2.45, 2.75) is 59.9 Å². The molecule has 0 spiro atoms. The molecule has 1 N–H and O–H groups in total. The molecule has 1 heterocycles. The number of rotatable bonds is 7. The highest BCUT2D eigenvalue weighted by molar-refractivity contribution is 5.59. The van der Waals surface area contributed by atoms with Crippen LogP contribution in [0.25, 0.3) is 0 Å². The lowest BCUT2D eigenvalue weighted by atomic mass is 10.2. The number of anilines is 2. The molecular weight excluding hydrogens is 248 g/mol. The predicted octanol–water partition coefficient (Wildman–Crippen LogP) is 3.40. The van der Waals surface area contributed by atoms with E-state index in [0.29, 0.717) is 12.0 Å². The van der Waals surface area contributed by atoms with Crippen LogP contribution in [0.15, 0.2) is 0 Å². The van der Waals surface area contributed by atoms with Gasteiger partial charge in [-0.3, -0.25) is 0 Å². The lowest BCUT2D eigenvalue weighted by Gasteiger charge is -2.28. The van der Waals surface area contributed by atoms with Crippen molar-refractivity contribution in [3.63, 3.8) is 0 Å². The molecule has 1 aliphatic carbocycles. The third-order valence-electron chi connectivity index (χ3n) is 3.65. The summed E-state index contributed by atoms with van der Waals surface area (Å²) in [6.45, 7) is 12.9. The van der Waals surface area contributed by atoms with Crippen LogP contribution in [-0.2, 0) is 6.42 Å². The van der Waals surface area contributed by atoms with Crippen LogP contribution in [0.3, 0.4) is 0 Å². The molecule has 1 aliphatic rings. The highest BCUT2D eigenvalue weighted by atomic mass is 15.3. The van der Waals surface area contributed by atoms with Gasteiger partial charge in [0.2, 0.25) is 0 Å². The number of hydrogen-bond acceptors (Lipinski definition) is 4. The second kappa shape index (κ2) is 6.42. The summed E-state index contributed by atoms with van der Waals surface area (Å²) in [5, 5.41) is 3.38. The Kier molecular flexibility index (Phi) is 4.84. The first-order valence-corrected chi connectivity index (χ1v) is 7.94. The molecule has 4 nitrogen and oxygen atoms in total. The van der Waals surface area contributed by atoms with E-state index < -0.39 is 0 Å². The zero-order valence-electron chi connectivity index (χ0n) is 13.5. The molecule has 0 atom stereocenters. The monoisotopic (exact) mass is 276 g/mol. The maximum atomic E-state index is 4.82. The van der Waals surface area contributed by atoms with E-state index in [1.165, 1.54) is 18.4 Å². The zero-order chi connectivity index (χ0) is 14.7. The van der Waals surface area contributed by atoms with E-state index in [-0.39, 0.29) is 0 Å². The summed E-state index contributed by atoms with van der Waals surface area (Å²) < 4.78 is 0. The SMILES string of the molecule is CCNc1nc(CC)nc(N(CC(C)C)C2CC2)c1C. The van der Waals surface area contributed by atoms with Crippen molar-refractivity contribution in [2.75, 3.05) is 23.3 Å². The van der Waals surface area contributed by atoms with Gasteiger partial charge in [-0.1, -0.05) is 20.8 Å². The van der Waals surface area contributed by atoms with Gasteiger partial charge >= 0.3 is 0 Å². The summed E-state index contributed by atoms with van der Waals surface area (Å²) in [5.74, 6) is 3.74. The molecule has 1 fully saturated rings. The first kappa shape index (κ1) is 15.1. The maximum absolute atomic E-state index is 4.82. The Morgan fingerprint density at radius 3 is 2.45 bits per heavy atom. The Balaban J connectivity index is 2.38. The fraction of sp³-hybridized carbons (Fsp3) is 0.750. The second-order valence-corrected chi connectivity index (χ2v) is 6.10. The molecule has 0 amide bonds. The van der Waals surface area contributed by atoms with Gasteiger partial charge in [-0.05, 0) is 32.6 Å². The van der Waals surface area contributed by atoms with Gasteiger partial charge in [0.05, 0.1) is 0 Å². The number of nitrogens with one attached hydrogen (secondary N) is 1. The summed E-state index contributed by atoms with van der Waals surface area (Å²) in [5.41, 5.74) is 1.19. The molecule has 0 aliphatic heterocycles. The fourth-order valence-corrected chi connectivity index (χ4v) is 2.52. The van der Waals surface area contributed by atoms with Crippen LogP contribution in [0.2, 0.25) is 0 Å². The lowest BCUT2D eigenvalue weighted by Crippen LogP contribution is -2.32. The summed E-state index contributed by atoms with van der Waals surface area (Å²) in [6, 6.07) is 0.685. The molecule has 0 unspecified atom stereocenters. The highest BCUT2D eigenvalue weighted by Gasteiger charge is 2.32. The van der Waals surface area contributed by atoms with Crippen molar-refractivity contribution in [1.82, 2.24) is 9.97 Å². The van der Waals surface area contributed by atoms with Crippen LogP contribution in [0, 0.1) is 12.8 Å². The molecule has 112 valence electrons. The van der Waals surface area contributed by atoms with E-state index in [4.69, 9.17) is 4.98 Å². The van der Waals surface area contributed by atoms with Crippen LogP contribution < -0.4 is 10.2 Å². The normalized spacial score (nSPS) is 14.7. The molecule has 0 saturated heterocycles. The van der Waals surface area contributed by atoms with Crippen molar-refractivity contribution >= 4 is 11.6 Å². The number of aromatic nitrogens is 2. The molecule has 0 radical (unpaired) electrons. The van der Waals surface area contributed by atoms with Crippen molar-refractivity contribution in [1.29, 1.82) is 0 Å². The van der Waals surface area contributed by atoms with Gasteiger partial charge in [0.1, 0.15) is 17.5 Å². The number of nitrogens with zero attached hydrogens (tertiary/aromatic N) is 3. The molecule has 2 rings (SSSR count). The molecule has 0 aromatic carbocycles. The van der Waals surface area contributed by atoms with Crippen LogP contribution in [0.5, 0.6) is 0 Å². The van der Waals surface area contributed by atoms with Crippen molar-refractivity contribution in [2.24, 2.45) is 5.92 Å². The summed E-state index contributed by atoms with van der Waals surface area (Å²) >= 11 is 0. The third-order valence-corrected chi connectivity index (χ3v) is 3.65.